The van der Waals surface area contributed by atoms with E-state index in [4.69, 9.17) is 5.73 Å². The van der Waals surface area contributed by atoms with Gasteiger partial charge in [0.1, 0.15) is 5.75 Å². The topological polar surface area (TPSA) is 66.6 Å². The third-order valence-corrected chi connectivity index (χ3v) is 4.36. The average Bonchev–Trinajstić information content (AvgIpc) is 2.81. The molecule has 1 fully saturated rings. The van der Waals surface area contributed by atoms with Crippen molar-refractivity contribution in [3.05, 3.63) is 27.3 Å². The van der Waals surface area contributed by atoms with Gasteiger partial charge in [0.15, 0.2) is 0 Å². The molecular formula is C13H17IN2O2. The van der Waals surface area contributed by atoms with Gasteiger partial charge in [0.05, 0.1) is 3.57 Å². The van der Waals surface area contributed by atoms with Gasteiger partial charge >= 0.3 is 0 Å². The van der Waals surface area contributed by atoms with E-state index in [1.807, 2.05) is 34.4 Å². The summed E-state index contributed by atoms with van der Waals surface area (Å²) < 4.78 is 0.749. The molecule has 5 heteroatoms. The predicted octanol–water partition coefficient (Wildman–Crippen LogP) is 1.81. The van der Waals surface area contributed by atoms with E-state index < -0.39 is 0 Å². The van der Waals surface area contributed by atoms with Gasteiger partial charge in [0, 0.05) is 24.7 Å². The number of halogens is 1. The van der Waals surface area contributed by atoms with Crippen molar-refractivity contribution >= 4 is 28.5 Å². The molecule has 98 valence electrons. The molecule has 18 heavy (non-hydrogen) atoms. The number of amides is 1. The third kappa shape index (κ3) is 2.77. The van der Waals surface area contributed by atoms with E-state index in [1.54, 1.807) is 12.1 Å². The number of phenols is 1. The minimum absolute atomic E-state index is 0.0233. The molecule has 1 aliphatic rings. The summed E-state index contributed by atoms with van der Waals surface area (Å²) in [7, 11) is 0. The molecule has 1 aliphatic heterocycles. The van der Waals surface area contributed by atoms with Crippen molar-refractivity contribution in [2.24, 2.45) is 11.7 Å². The molecule has 1 aromatic rings. The highest BCUT2D eigenvalue weighted by atomic mass is 127. The highest BCUT2D eigenvalue weighted by molar-refractivity contribution is 14.1. The molecule has 0 aromatic heterocycles. The van der Waals surface area contributed by atoms with Crippen molar-refractivity contribution < 1.29 is 9.90 Å². The first-order chi connectivity index (χ1) is 8.49. The summed E-state index contributed by atoms with van der Waals surface area (Å²) in [5.41, 5.74) is 6.40. The zero-order valence-corrected chi connectivity index (χ0v) is 12.4. The number of rotatable bonds is 2. The fraction of sp³-hybridized carbons (Fsp3) is 0.462. The van der Waals surface area contributed by atoms with Gasteiger partial charge in [0.2, 0.25) is 0 Å². The summed E-state index contributed by atoms with van der Waals surface area (Å²) in [5.74, 6) is 0.514. The number of nitrogens with two attached hydrogens (primary N) is 1. The molecule has 0 saturated carbocycles. The summed E-state index contributed by atoms with van der Waals surface area (Å²) in [4.78, 5) is 14.1. The van der Waals surface area contributed by atoms with Gasteiger partial charge in [-0.2, -0.15) is 0 Å². The molecule has 1 aromatic carbocycles. The zero-order chi connectivity index (χ0) is 13.3. The highest BCUT2D eigenvalue weighted by Gasteiger charge is 2.29. The van der Waals surface area contributed by atoms with Crippen molar-refractivity contribution in [2.75, 3.05) is 13.1 Å². The summed E-state index contributed by atoms with van der Waals surface area (Å²) in [6, 6.07) is 5.15. The molecule has 1 heterocycles. The number of carbonyl (C=O) groups excluding carboxylic acids is 1. The van der Waals surface area contributed by atoms with E-state index in [9.17, 15) is 9.90 Å². The van der Waals surface area contributed by atoms with E-state index in [0.29, 0.717) is 18.0 Å². The van der Waals surface area contributed by atoms with Crippen molar-refractivity contribution in [3.63, 3.8) is 0 Å². The first kappa shape index (κ1) is 13.6. The number of hydrogen-bond donors (Lipinski definition) is 2. The normalized spacial score (nSPS) is 21.1. The van der Waals surface area contributed by atoms with Crippen LogP contribution in [0.2, 0.25) is 0 Å². The second-order valence-electron chi connectivity index (χ2n) is 4.83. The molecule has 0 spiro atoms. The lowest BCUT2D eigenvalue weighted by Gasteiger charge is -2.18. The smallest absolute Gasteiger partial charge is 0.253 e. The van der Waals surface area contributed by atoms with Crippen LogP contribution >= 0.6 is 22.6 Å². The number of likely N-dealkylation sites (tertiary alicyclic amines) is 1. The standard InChI is InChI=1S/C13H17IN2O2/c1-8(15)10-4-5-16(7-10)13(18)9-2-3-11(14)12(17)6-9/h2-3,6,8,10,17H,4-5,7,15H2,1H3. The first-order valence-electron chi connectivity index (χ1n) is 6.02. The maximum absolute atomic E-state index is 12.3. The zero-order valence-electron chi connectivity index (χ0n) is 10.3. The number of phenolic OH excluding ortho intramolecular Hbond substituents is 1. The van der Waals surface area contributed by atoms with Gasteiger partial charge in [-0.25, -0.2) is 0 Å². The van der Waals surface area contributed by atoms with Gasteiger partial charge < -0.3 is 15.7 Å². The molecule has 0 bridgehead atoms. The van der Waals surface area contributed by atoms with Crippen LogP contribution in [-0.4, -0.2) is 35.0 Å². The Morgan fingerprint density at radius 3 is 2.89 bits per heavy atom. The van der Waals surface area contributed by atoms with E-state index >= 15 is 0 Å². The van der Waals surface area contributed by atoms with Crippen molar-refractivity contribution in [2.45, 2.75) is 19.4 Å². The SMILES string of the molecule is CC(N)C1CCN(C(=O)c2ccc(I)c(O)c2)C1. The Morgan fingerprint density at radius 2 is 2.33 bits per heavy atom. The van der Waals surface area contributed by atoms with Gasteiger partial charge in [-0.1, -0.05) is 0 Å². The molecule has 2 unspecified atom stereocenters. The Labute approximate surface area is 120 Å². The van der Waals surface area contributed by atoms with E-state index in [2.05, 4.69) is 0 Å². The molecular weight excluding hydrogens is 343 g/mol. The Balaban J connectivity index is 2.10. The molecule has 2 atom stereocenters. The number of nitrogens with zero attached hydrogens (tertiary/aromatic N) is 1. The van der Waals surface area contributed by atoms with Gasteiger partial charge in [-0.3, -0.25) is 4.79 Å². The van der Waals surface area contributed by atoms with Crippen LogP contribution in [0, 0.1) is 9.49 Å². The van der Waals surface area contributed by atoms with Crippen LogP contribution in [0.3, 0.4) is 0 Å². The Kier molecular flexibility index (Phi) is 4.11. The second-order valence-corrected chi connectivity index (χ2v) is 5.99. The summed E-state index contributed by atoms with van der Waals surface area (Å²) in [6.45, 7) is 3.44. The van der Waals surface area contributed by atoms with Crippen LogP contribution < -0.4 is 5.73 Å². The van der Waals surface area contributed by atoms with E-state index in [1.165, 1.54) is 6.07 Å². The fourth-order valence-corrected chi connectivity index (χ4v) is 2.56. The van der Waals surface area contributed by atoms with E-state index in [0.717, 1.165) is 16.5 Å². The van der Waals surface area contributed by atoms with Crippen LogP contribution in [0.15, 0.2) is 18.2 Å². The largest absolute Gasteiger partial charge is 0.507 e. The van der Waals surface area contributed by atoms with E-state index in [-0.39, 0.29) is 17.7 Å². The van der Waals surface area contributed by atoms with Crippen LogP contribution in [0.5, 0.6) is 5.75 Å². The van der Waals surface area contributed by atoms with Gasteiger partial charge in [-0.15, -0.1) is 0 Å². The second kappa shape index (κ2) is 5.44. The maximum atomic E-state index is 12.3. The molecule has 4 nitrogen and oxygen atoms in total. The van der Waals surface area contributed by atoms with Crippen LogP contribution in [-0.2, 0) is 0 Å². The minimum atomic E-state index is -0.0233. The van der Waals surface area contributed by atoms with Gasteiger partial charge in [0.25, 0.3) is 5.91 Å². The summed E-state index contributed by atoms with van der Waals surface area (Å²) in [6.07, 6.45) is 0.958. The molecule has 3 N–H and O–H groups in total. The van der Waals surface area contributed by atoms with Crippen LogP contribution in [0.25, 0.3) is 0 Å². The fourth-order valence-electron chi connectivity index (χ4n) is 2.23. The average molecular weight is 360 g/mol. The van der Waals surface area contributed by atoms with Crippen LogP contribution in [0.4, 0.5) is 0 Å². The van der Waals surface area contributed by atoms with Crippen molar-refractivity contribution in [3.8, 4) is 5.75 Å². The minimum Gasteiger partial charge on any atom is -0.507 e. The van der Waals surface area contributed by atoms with Crippen molar-refractivity contribution in [1.82, 2.24) is 4.90 Å². The number of aromatic hydroxyl groups is 1. The molecule has 1 saturated heterocycles. The molecule has 2 rings (SSSR count). The lowest BCUT2D eigenvalue weighted by Crippen LogP contribution is -2.33. The number of hydrogen-bond acceptors (Lipinski definition) is 3. The number of benzene rings is 1. The quantitative estimate of drug-likeness (QED) is 0.791. The Bertz CT molecular complexity index is 462. The van der Waals surface area contributed by atoms with Crippen molar-refractivity contribution in [1.29, 1.82) is 0 Å². The molecule has 0 aliphatic carbocycles. The van der Waals surface area contributed by atoms with Gasteiger partial charge in [-0.05, 0) is 60.1 Å². The lowest BCUT2D eigenvalue weighted by atomic mass is 10.0. The summed E-state index contributed by atoms with van der Waals surface area (Å²) in [5, 5.41) is 9.63. The lowest BCUT2D eigenvalue weighted by molar-refractivity contribution is 0.0785. The molecule has 1 amide bonds. The predicted molar refractivity (Wildman–Crippen MR) is 78.5 cm³/mol. The monoisotopic (exact) mass is 360 g/mol. The summed E-state index contributed by atoms with van der Waals surface area (Å²) >= 11 is 2.03. The third-order valence-electron chi connectivity index (χ3n) is 3.45. The molecule has 0 radical (unpaired) electrons. The highest BCUT2D eigenvalue weighted by Crippen LogP contribution is 2.24. The Hall–Kier alpha value is -0.820. The maximum Gasteiger partial charge on any atom is 0.253 e. The first-order valence-corrected chi connectivity index (χ1v) is 7.10. The Morgan fingerprint density at radius 1 is 1.61 bits per heavy atom. The number of carbonyl (C=O) groups is 1. The van der Waals surface area contributed by atoms with Crippen LogP contribution in [0.1, 0.15) is 23.7 Å².